The third-order valence-electron chi connectivity index (χ3n) is 2.58. The highest BCUT2D eigenvalue weighted by atomic mass is 32.1. The number of carbonyl (C=O) groups is 1. The minimum absolute atomic E-state index is 0.291. The van der Waals surface area contributed by atoms with Crippen molar-refractivity contribution in [1.82, 2.24) is 15.4 Å². The monoisotopic (exact) mass is 275 g/mol. The highest BCUT2D eigenvalue weighted by molar-refractivity contribution is 7.80. The maximum absolute atomic E-state index is 11.3. The first kappa shape index (κ1) is 13.5. The summed E-state index contributed by atoms with van der Waals surface area (Å²) >= 11 is 4.24. The van der Waals surface area contributed by atoms with E-state index in [9.17, 15) is 4.79 Å². The smallest absolute Gasteiger partial charge is 0.275 e. The van der Waals surface area contributed by atoms with Gasteiger partial charge in [0.25, 0.3) is 5.91 Å². The molecule has 1 heterocycles. The van der Waals surface area contributed by atoms with Gasteiger partial charge in [-0.3, -0.25) is 10.0 Å². The predicted octanol–water partition coefficient (Wildman–Crippen LogP) is 2.17. The van der Waals surface area contributed by atoms with Crippen LogP contribution in [0.15, 0.2) is 29.2 Å². The molecule has 2 aromatic rings. The number of carbonyl (C=O) groups excluding carboxylic acids is 1. The van der Waals surface area contributed by atoms with E-state index in [1.807, 2.05) is 19.9 Å². The molecule has 1 aromatic heterocycles. The van der Waals surface area contributed by atoms with Crippen molar-refractivity contribution in [2.75, 3.05) is 0 Å². The molecule has 0 fully saturated rings. The van der Waals surface area contributed by atoms with Gasteiger partial charge in [0.2, 0.25) is 0 Å². The second kappa shape index (κ2) is 5.38. The Kier molecular flexibility index (Phi) is 3.82. The van der Waals surface area contributed by atoms with E-state index in [1.54, 1.807) is 23.7 Å². The van der Waals surface area contributed by atoms with Gasteiger partial charge in [-0.2, -0.15) is 0 Å². The summed E-state index contributed by atoms with van der Waals surface area (Å²) in [4.78, 5) is 20.5. The van der Waals surface area contributed by atoms with E-state index in [2.05, 4.69) is 22.6 Å². The number of amides is 1. The first-order valence-corrected chi connectivity index (χ1v) is 6.06. The molecule has 0 radical (unpaired) electrons. The molecule has 0 unspecified atom stereocenters. The zero-order valence-corrected chi connectivity index (χ0v) is 11.4. The van der Waals surface area contributed by atoms with Crippen LogP contribution in [0.3, 0.4) is 0 Å². The molecule has 19 heavy (non-hydrogen) atoms. The summed E-state index contributed by atoms with van der Waals surface area (Å²) in [6.07, 6.45) is 0. The van der Waals surface area contributed by atoms with E-state index < -0.39 is 5.91 Å². The largest absolute Gasteiger partial charge is 0.288 e. The maximum Gasteiger partial charge on any atom is 0.275 e. The number of hydroxylamine groups is 1. The number of aromatic nitrogens is 2. The normalized spacial score (nSPS) is 10.3. The van der Waals surface area contributed by atoms with E-state index in [-0.39, 0.29) is 0 Å². The van der Waals surface area contributed by atoms with Gasteiger partial charge >= 0.3 is 0 Å². The van der Waals surface area contributed by atoms with Gasteiger partial charge in [-0.1, -0.05) is 6.07 Å². The van der Waals surface area contributed by atoms with Gasteiger partial charge in [-0.15, -0.1) is 12.6 Å². The lowest BCUT2D eigenvalue weighted by atomic mass is 10.1. The third kappa shape index (κ3) is 2.91. The molecule has 0 aliphatic heterocycles. The number of thiol groups is 1. The topological polar surface area (TPSA) is 75.1 Å². The highest BCUT2D eigenvalue weighted by Gasteiger charge is 2.11. The fourth-order valence-corrected chi connectivity index (χ4v) is 2.09. The average Bonchev–Trinajstić information content (AvgIpc) is 2.36. The Morgan fingerprint density at radius 3 is 2.37 bits per heavy atom. The van der Waals surface area contributed by atoms with E-state index in [0.29, 0.717) is 16.3 Å². The Morgan fingerprint density at radius 1 is 1.21 bits per heavy atom. The molecule has 1 aromatic carbocycles. The van der Waals surface area contributed by atoms with Crippen LogP contribution in [0, 0.1) is 13.8 Å². The van der Waals surface area contributed by atoms with Crippen molar-refractivity contribution in [3.8, 4) is 11.4 Å². The standard InChI is InChI=1S/C13H13N3O2S/c1-7-5-8(2)15-12(14-7)9-3-4-10(11(19)6-9)13(17)16-18/h3-6,18-19H,1-2H3,(H,16,17). The molecular weight excluding hydrogens is 262 g/mol. The molecule has 0 saturated carbocycles. The number of nitrogens with one attached hydrogen (secondary N) is 1. The number of aryl methyl sites for hydroxylation is 2. The van der Waals surface area contributed by atoms with Crippen LogP contribution >= 0.6 is 12.6 Å². The minimum atomic E-state index is -0.599. The average molecular weight is 275 g/mol. The van der Waals surface area contributed by atoms with E-state index >= 15 is 0 Å². The van der Waals surface area contributed by atoms with Crippen LogP contribution in [0.2, 0.25) is 0 Å². The first-order chi connectivity index (χ1) is 9.01. The summed E-state index contributed by atoms with van der Waals surface area (Å²) in [5, 5.41) is 8.61. The Hall–Kier alpha value is -1.92. The van der Waals surface area contributed by atoms with Gasteiger partial charge in [0.1, 0.15) is 0 Å². The molecule has 0 aliphatic rings. The van der Waals surface area contributed by atoms with Crippen molar-refractivity contribution >= 4 is 18.5 Å². The lowest BCUT2D eigenvalue weighted by Crippen LogP contribution is -2.19. The van der Waals surface area contributed by atoms with Crippen LogP contribution in [-0.4, -0.2) is 21.1 Å². The van der Waals surface area contributed by atoms with Crippen LogP contribution in [-0.2, 0) is 0 Å². The molecule has 0 aliphatic carbocycles. The van der Waals surface area contributed by atoms with Crippen molar-refractivity contribution in [3.05, 3.63) is 41.2 Å². The van der Waals surface area contributed by atoms with Crippen molar-refractivity contribution in [2.24, 2.45) is 0 Å². The van der Waals surface area contributed by atoms with Crippen LogP contribution in [0.4, 0.5) is 0 Å². The van der Waals surface area contributed by atoms with Gasteiger partial charge in [-0.05, 0) is 32.0 Å². The molecule has 0 atom stereocenters. The molecule has 0 bridgehead atoms. The Bertz CT molecular complexity index is 624. The van der Waals surface area contributed by atoms with Gasteiger partial charge < -0.3 is 0 Å². The number of hydrogen-bond donors (Lipinski definition) is 3. The van der Waals surface area contributed by atoms with E-state index in [0.717, 1.165) is 17.0 Å². The van der Waals surface area contributed by atoms with Crippen molar-refractivity contribution < 1.29 is 10.0 Å². The molecule has 0 spiro atoms. The second-order valence-corrected chi connectivity index (χ2v) is 4.63. The van der Waals surface area contributed by atoms with Crippen molar-refractivity contribution in [2.45, 2.75) is 18.7 Å². The van der Waals surface area contributed by atoms with Crippen LogP contribution in [0.25, 0.3) is 11.4 Å². The van der Waals surface area contributed by atoms with Gasteiger partial charge in [0.15, 0.2) is 5.82 Å². The summed E-state index contributed by atoms with van der Waals surface area (Å²) in [5.41, 5.74) is 4.39. The molecule has 1 amide bonds. The molecule has 2 N–H and O–H groups in total. The molecule has 98 valence electrons. The quantitative estimate of drug-likeness (QED) is 0.446. The molecular formula is C13H13N3O2S. The zero-order chi connectivity index (χ0) is 14.0. The zero-order valence-electron chi connectivity index (χ0n) is 10.5. The Labute approximate surface area is 116 Å². The summed E-state index contributed by atoms with van der Waals surface area (Å²) in [6.45, 7) is 3.79. The lowest BCUT2D eigenvalue weighted by Gasteiger charge is -2.07. The number of benzene rings is 1. The summed E-state index contributed by atoms with van der Waals surface area (Å²) in [5.74, 6) is -0.0124. The molecule has 6 heteroatoms. The van der Waals surface area contributed by atoms with Crippen LogP contribution < -0.4 is 5.48 Å². The SMILES string of the molecule is Cc1cc(C)nc(-c2ccc(C(=O)NO)c(S)c2)n1. The van der Waals surface area contributed by atoms with Crippen molar-refractivity contribution in [3.63, 3.8) is 0 Å². The third-order valence-corrected chi connectivity index (χ3v) is 2.95. The summed E-state index contributed by atoms with van der Waals surface area (Å²) in [6, 6.07) is 6.88. The van der Waals surface area contributed by atoms with Gasteiger partial charge in [0, 0.05) is 21.8 Å². The van der Waals surface area contributed by atoms with Gasteiger partial charge in [-0.25, -0.2) is 15.4 Å². The molecule has 2 rings (SSSR count). The fraction of sp³-hybridized carbons (Fsp3) is 0.154. The number of nitrogens with zero attached hydrogens (tertiary/aromatic N) is 2. The van der Waals surface area contributed by atoms with Crippen LogP contribution in [0.1, 0.15) is 21.7 Å². The Morgan fingerprint density at radius 2 is 1.84 bits per heavy atom. The lowest BCUT2D eigenvalue weighted by molar-refractivity contribution is 0.0703. The van der Waals surface area contributed by atoms with Crippen molar-refractivity contribution in [1.29, 1.82) is 0 Å². The fourth-order valence-electron chi connectivity index (χ4n) is 1.78. The predicted molar refractivity (Wildman–Crippen MR) is 73.4 cm³/mol. The number of rotatable bonds is 2. The second-order valence-electron chi connectivity index (χ2n) is 4.15. The maximum atomic E-state index is 11.3. The highest BCUT2D eigenvalue weighted by Crippen LogP contribution is 2.22. The van der Waals surface area contributed by atoms with E-state index in [4.69, 9.17) is 5.21 Å². The molecule has 0 saturated heterocycles. The van der Waals surface area contributed by atoms with Crippen LogP contribution in [0.5, 0.6) is 0 Å². The minimum Gasteiger partial charge on any atom is -0.288 e. The molecule has 5 nitrogen and oxygen atoms in total. The van der Waals surface area contributed by atoms with E-state index in [1.165, 1.54) is 0 Å². The number of hydrogen-bond acceptors (Lipinski definition) is 5. The summed E-state index contributed by atoms with van der Waals surface area (Å²) < 4.78 is 0. The summed E-state index contributed by atoms with van der Waals surface area (Å²) in [7, 11) is 0. The van der Waals surface area contributed by atoms with Gasteiger partial charge in [0.05, 0.1) is 5.56 Å². The first-order valence-electron chi connectivity index (χ1n) is 5.61. The Balaban J connectivity index is 2.47.